The van der Waals surface area contributed by atoms with E-state index in [0.29, 0.717) is 0 Å². The van der Waals surface area contributed by atoms with Crippen LogP contribution in [0.15, 0.2) is 18.2 Å². The molecule has 0 saturated carbocycles. The molecule has 1 unspecified atom stereocenters. The fraction of sp³-hybridized carbons (Fsp3) is 0.455. The zero-order chi connectivity index (χ0) is 11.5. The van der Waals surface area contributed by atoms with E-state index in [1.807, 2.05) is 0 Å². The molecule has 0 bridgehead atoms. The summed E-state index contributed by atoms with van der Waals surface area (Å²) in [6.45, 7) is 1.61. The summed E-state index contributed by atoms with van der Waals surface area (Å²) in [5.74, 6) is -1.48. The van der Waals surface area contributed by atoms with Crippen molar-refractivity contribution in [2.45, 2.75) is 18.9 Å². The first-order valence-electron chi connectivity index (χ1n) is 4.65. The van der Waals surface area contributed by atoms with E-state index in [4.69, 9.17) is 4.74 Å². The molecule has 4 heteroatoms. The van der Waals surface area contributed by atoms with Gasteiger partial charge in [-0.05, 0) is 19.1 Å². The second-order valence-electron chi connectivity index (χ2n) is 3.61. The highest BCUT2D eigenvalue weighted by molar-refractivity contribution is 5.25. The summed E-state index contributed by atoms with van der Waals surface area (Å²) < 4.78 is 31.4. The van der Waals surface area contributed by atoms with Crippen molar-refractivity contribution >= 4 is 0 Å². The normalized spacial score (nSPS) is 15.0. The molecule has 1 N–H and O–H groups in total. The number of aliphatic hydroxyl groups is 1. The quantitative estimate of drug-likeness (QED) is 0.836. The van der Waals surface area contributed by atoms with Crippen LogP contribution in [0.5, 0.6) is 0 Å². The molecule has 2 nitrogen and oxygen atoms in total. The van der Waals surface area contributed by atoms with Crippen molar-refractivity contribution in [3.05, 3.63) is 35.4 Å². The van der Waals surface area contributed by atoms with Crippen LogP contribution in [0.2, 0.25) is 0 Å². The third kappa shape index (κ3) is 2.73. The largest absolute Gasteiger partial charge is 0.385 e. The van der Waals surface area contributed by atoms with Gasteiger partial charge in [0.25, 0.3) is 0 Å². The molecule has 0 saturated heterocycles. The lowest BCUT2D eigenvalue weighted by Gasteiger charge is -2.24. The van der Waals surface area contributed by atoms with E-state index in [2.05, 4.69) is 0 Å². The maximum absolute atomic E-state index is 13.3. The number of ether oxygens (including phenoxy) is 1. The van der Waals surface area contributed by atoms with Gasteiger partial charge in [0.05, 0.1) is 11.2 Å². The summed E-state index contributed by atoms with van der Waals surface area (Å²) in [4.78, 5) is 0. The topological polar surface area (TPSA) is 29.5 Å². The number of rotatable bonds is 4. The fourth-order valence-electron chi connectivity index (χ4n) is 1.44. The van der Waals surface area contributed by atoms with Gasteiger partial charge in [-0.2, -0.15) is 0 Å². The molecular weight excluding hydrogens is 202 g/mol. The van der Waals surface area contributed by atoms with Crippen molar-refractivity contribution in [1.29, 1.82) is 0 Å². The second kappa shape index (κ2) is 4.68. The maximum Gasteiger partial charge on any atom is 0.132 e. The molecule has 1 atom stereocenters. The summed E-state index contributed by atoms with van der Waals surface area (Å²) in [7, 11) is 1.47. The first-order chi connectivity index (χ1) is 6.99. The molecule has 0 heterocycles. The number of hydrogen-bond donors (Lipinski definition) is 1. The van der Waals surface area contributed by atoms with E-state index in [-0.39, 0.29) is 18.6 Å². The minimum atomic E-state index is -1.55. The average molecular weight is 216 g/mol. The van der Waals surface area contributed by atoms with Gasteiger partial charge in [-0.3, -0.25) is 0 Å². The molecule has 0 aliphatic rings. The molecule has 1 aromatic carbocycles. The van der Waals surface area contributed by atoms with Gasteiger partial charge < -0.3 is 9.84 Å². The number of hydrogen-bond acceptors (Lipinski definition) is 2. The van der Waals surface area contributed by atoms with Gasteiger partial charge in [-0.1, -0.05) is 6.07 Å². The Bertz CT molecular complexity index is 317. The number of methoxy groups -OCH3 is 1. The Kier molecular flexibility index (Phi) is 3.77. The lowest BCUT2D eigenvalue weighted by Crippen LogP contribution is -2.26. The second-order valence-corrected chi connectivity index (χ2v) is 3.61. The van der Waals surface area contributed by atoms with Crippen LogP contribution >= 0.6 is 0 Å². The SMILES string of the molecule is COCCC(C)(O)c1c(F)cccc1F. The van der Waals surface area contributed by atoms with Crippen LogP contribution in [-0.4, -0.2) is 18.8 Å². The number of benzene rings is 1. The summed E-state index contributed by atoms with van der Waals surface area (Å²) in [6.07, 6.45) is 0.140. The lowest BCUT2D eigenvalue weighted by molar-refractivity contribution is 0.0150. The van der Waals surface area contributed by atoms with E-state index in [9.17, 15) is 13.9 Å². The predicted octanol–water partition coefficient (Wildman–Crippen LogP) is 2.21. The van der Waals surface area contributed by atoms with Crippen molar-refractivity contribution in [3.63, 3.8) is 0 Å². The van der Waals surface area contributed by atoms with Crippen LogP contribution in [0, 0.1) is 11.6 Å². The maximum atomic E-state index is 13.3. The van der Waals surface area contributed by atoms with Gasteiger partial charge >= 0.3 is 0 Å². The van der Waals surface area contributed by atoms with Crippen LogP contribution in [-0.2, 0) is 10.3 Å². The molecule has 0 aliphatic carbocycles. The molecule has 15 heavy (non-hydrogen) atoms. The molecule has 0 aromatic heterocycles. The van der Waals surface area contributed by atoms with E-state index >= 15 is 0 Å². The molecule has 0 amide bonds. The van der Waals surface area contributed by atoms with Crippen molar-refractivity contribution in [3.8, 4) is 0 Å². The van der Waals surface area contributed by atoms with Gasteiger partial charge in [-0.25, -0.2) is 8.78 Å². The van der Waals surface area contributed by atoms with Gasteiger partial charge in [0.15, 0.2) is 0 Å². The van der Waals surface area contributed by atoms with Crippen molar-refractivity contribution < 1.29 is 18.6 Å². The first kappa shape index (κ1) is 12.1. The summed E-state index contributed by atoms with van der Waals surface area (Å²) in [5, 5.41) is 9.92. The fourth-order valence-corrected chi connectivity index (χ4v) is 1.44. The monoisotopic (exact) mass is 216 g/mol. The Labute approximate surface area is 87.5 Å². The Morgan fingerprint density at radius 1 is 1.33 bits per heavy atom. The highest BCUT2D eigenvalue weighted by Crippen LogP contribution is 2.29. The predicted molar refractivity (Wildman–Crippen MR) is 52.4 cm³/mol. The zero-order valence-corrected chi connectivity index (χ0v) is 8.76. The molecule has 1 aromatic rings. The molecule has 0 fully saturated rings. The van der Waals surface area contributed by atoms with Crippen LogP contribution in [0.1, 0.15) is 18.9 Å². The minimum Gasteiger partial charge on any atom is -0.385 e. The Morgan fingerprint density at radius 3 is 2.33 bits per heavy atom. The standard InChI is InChI=1S/C11H14F2O2/c1-11(14,6-7-15-2)10-8(12)4-3-5-9(10)13/h3-5,14H,6-7H2,1-2H3. The Balaban J connectivity index is 3.03. The molecule has 84 valence electrons. The molecule has 0 radical (unpaired) electrons. The third-order valence-electron chi connectivity index (χ3n) is 2.29. The Morgan fingerprint density at radius 2 is 1.87 bits per heavy atom. The third-order valence-corrected chi connectivity index (χ3v) is 2.29. The molecule has 1 rings (SSSR count). The van der Waals surface area contributed by atoms with Crippen molar-refractivity contribution in [2.24, 2.45) is 0 Å². The van der Waals surface area contributed by atoms with Crippen LogP contribution in [0.3, 0.4) is 0 Å². The van der Waals surface area contributed by atoms with E-state index in [1.54, 1.807) is 0 Å². The van der Waals surface area contributed by atoms with Crippen LogP contribution in [0.25, 0.3) is 0 Å². The summed E-state index contributed by atoms with van der Waals surface area (Å²) >= 11 is 0. The highest BCUT2D eigenvalue weighted by Gasteiger charge is 2.29. The minimum absolute atomic E-state index is 0.140. The molecule has 0 aliphatic heterocycles. The average Bonchev–Trinajstić information content (AvgIpc) is 2.14. The highest BCUT2D eigenvalue weighted by atomic mass is 19.1. The van der Waals surface area contributed by atoms with Crippen molar-refractivity contribution in [2.75, 3.05) is 13.7 Å². The lowest BCUT2D eigenvalue weighted by atomic mass is 9.92. The number of halogens is 2. The van der Waals surface area contributed by atoms with Gasteiger partial charge in [0, 0.05) is 20.1 Å². The summed E-state index contributed by atoms with van der Waals surface area (Å²) in [5.41, 5.74) is -1.85. The zero-order valence-electron chi connectivity index (χ0n) is 8.76. The van der Waals surface area contributed by atoms with Crippen LogP contribution in [0.4, 0.5) is 8.78 Å². The van der Waals surface area contributed by atoms with E-state index in [0.717, 1.165) is 12.1 Å². The van der Waals surface area contributed by atoms with Crippen LogP contribution < -0.4 is 0 Å². The van der Waals surface area contributed by atoms with Crippen molar-refractivity contribution in [1.82, 2.24) is 0 Å². The van der Waals surface area contributed by atoms with Gasteiger partial charge in [-0.15, -0.1) is 0 Å². The van der Waals surface area contributed by atoms with E-state index in [1.165, 1.54) is 20.1 Å². The molecule has 0 spiro atoms. The van der Waals surface area contributed by atoms with Gasteiger partial charge in [0.1, 0.15) is 11.6 Å². The summed E-state index contributed by atoms with van der Waals surface area (Å²) in [6, 6.07) is 3.51. The van der Waals surface area contributed by atoms with Gasteiger partial charge in [0.2, 0.25) is 0 Å². The smallest absolute Gasteiger partial charge is 0.132 e. The molecular formula is C11H14F2O2. The van der Waals surface area contributed by atoms with E-state index < -0.39 is 17.2 Å². The Hall–Kier alpha value is -1.00. The first-order valence-corrected chi connectivity index (χ1v) is 4.65.